The molecule has 290 valence electrons. The van der Waals surface area contributed by atoms with Crippen molar-refractivity contribution < 1.29 is 4.42 Å². The molecule has 0 N–H and O–H groups in total. The van der Waals surface area contributed by atoms with Gasteiger partial charge in [0.05, 0.1) is 16.7 Å². The largest absolute Gasteiger partial charge is 0.455 e. The van der Waals surface area contributed by atoms with Gasteiger partial charge in [-0.05, 0) is 94.2 Å². The molecule has 10 aromatic carbocycles. The molecule has 0 aliphatic rings. The van der Waals surface area contributed by atoms with Crippen molar-refractivity contribution in [3.05, 3.63) is 218 Å². The zero-order valence-electron chi connectivity index (χ0n) is 33.5. The van der Waals surface area contributed by atoms with E-state index in [2.05, 4.69) is 216 Å². The minimum Gasteiger partial charge on any atom is -0.455 e. The Bertz CT molecular complexity index is 3820. The van der Waals surface area contributed by atoms with E-state index in [-0.39, 0.29) is 0 Å². The number of fused-ring (bicyclic) bond motifs is 10. The number of rotatable bonds is 6. The van der Waals surface area contributed by atoms with E-state index in [0.717, 1.165) is 55.8 Å². The van der Waals surface area contributed by atoms with Crippen LogP contribution < -0.4 is 4.90 Å². The second-order valence-corrected chi connectivity index (χ2v) is 17.1. The summed E-state index contributed by atoms with van der Waals surface area (Å²) in [5.41, 5.74) is 13.4. The fraction of sp³-hybridized carbons (Fsp3) is 0. The normalized spacial score (nSPS) is 11.9. The molecule has 0 saturated heterocycles. The van der Waals surface area contributed by atoms with Gasteiger partial charge < -0.3 is 13.9 Å². The van der Waals surface area contributed by atoms with Crippen LogP contribution in [0.5, 0.6) is 0 Å². The molecule has 0 fully saturated rings. The van der Waals surface area contributed by atoms with Crippen LogP contribution in [0.2, 0.25) is 0 Å². The lowest BCUT2D eigenvalue weighted by Crippen LogP contribution is -2.10. The van der Waals surface area contributed by atoms with Crippen LogP contribution in [0.4, 0.5) is 17.1 Å². The number of hydrogen-bond acceptors (Lipinski definition) is 3. The molecule has 3 nitrogen and oxygen atoms in total. The molecule has 0 aliphatic carbocycles. The monoisotopic (exact) mass is 808 g/mol. The Hall–Kier alpha value is -7.92. The molecule has 62 heavy (non-hydrogen) atoms. The quantitative estimate of drug-likeness (QED) is 0.167. The van der Waals surface area contributed by atoms with Crippen molar-refractivity contribution in [3.8, 4) is 27.9 Å². The number of benzene rings is 10. The molecule has 0 atom stereocenters. The van der Waals surface area contributed by atoms with Crippen molar-refractivity contribution in [2.24, 2.45) is 0 Å². The maximum atomic E-state index is 6.47. The molecule has 0 aliphatic heterocycles. The van der Waals surface area contributed by atoms with Crippen LogP contribution in [0.1, 0.15) is 0 Å². The first-order valence-electron chi connectivity index (χ1n) is 21.1. The van der Waals surface area contributed by atoms with Gasteiger partial charge in [0.25, 0.3) is 0 Å². The molecule has 0 amide bonds. The molecular weight excluding hydrogens is 773 g/mol. The Morgan fingerprint density at radius 1 is 0.419 bits per heavy atom. The highest BCUT2D eigenvalue weighted by atomic mass is 32.1. The first-order chi connectivity index (χ1) is 30.7. The topological polar surface area (TPSA) is 21.3 Å². The van der Waals surface area contributed by atoms with Crippen LogP contribution >= 0.6 is 11.3 Å². The summed E-state index contributed by atoms with van der Waals surface area (Å²) in [5, 5.41) is 9.73. The van der Waals surface area contributed by atoms with E-state index in [4.69, 9.17) is 4.42 Å². The molecule has 0 bridgehead atoms. The highest BCUT2D eigenvalue weighted by Gasteiger charge is 2.22. The van der Waals surface area contributed by atoms with Crippen LogP contribution in [0, 0.1) is 0 Å². The van der Waals surface area contributed by atoms with Crippen LogP contribution in [-0.4, -0.2) is 4.57 Å². The molecule has 13 aromatic rings. The van der Waals surface area contributed by atoms with Gasteiger partial charge >= 0.3 is 0 Å². The van der Waals surface area contributed by atoms with Gasteiger partial charge in [-0.2, -0.15) is 0 Å². The average Bonchev–Trinajstić information content (AvgIpc) is 4.02. The zero-order valence-corrected chi connectivity index (χ0v) is 34.3. The third-order valence-electron chi connectivity index (χ3n) is 12.6. The van der Waals surface area contributed by atoms with Gasteiger partial charge in [0.2, 0.25) is 0 Å². The summed E-state index contributed by atoms with van der Waals surface area (Å²) < 4.78 is 11.4. The predicted octanol–water partition coefficient (Wildman–Crippen LogP) is 17.0. The smallest absolute Gasteiger partial charge is 0.143 e. The number of hydrogen-bond donors (Lipinski definition) is 0. The van der Waals surface area contributed by atoms with Gasteiger partial charge in [-0.15, -0.1) is 11.3 Å². The second-order valence-electron chi connectivity index (χ2n) is 16.0. The Labute approximate surface area is 361 Å². The first-order valence-corrected chi connectivity index (χ1v) is 21.9. The fourth-order valence-corrected chi connectivity index (χ4v) is 11.0. The highest BCUT2D eigenvalue weighted by molar-refractivity contribution is 7.26. The average molecular weight is 809 g/mol. The van der Waals surface area contributed by atoms with E-state index in [1.54, 1.807) is 0 Å². The van der Waals surface area contributed by atoms with E-state index >= 15 is 0 Å². The lowest BCUT2D eigenvalue weighted by atomic mass is 9.99. The SMILES string of the molecule is c1ccc2cc(N(c3ccc(-c4cccc5c4oc4ccccc45)cc3)c3ccc(-c4ccc(-n5c6ccccc6c6ccccc65)cc4)c4sc5ccccc5c34)ccc2c1. The summed E-state index contributed by atoms with van der Waals surface area (Å²) >= 11 is 1.87. The predicted molar refractivity (Wildman–Crippen MR) is 264 cm³/mol. The van der Waals surface area contributed by atoms with E-state index < -0.39 is 0 Å². The summed E-state index contributed by atoms with van der Waals surface area (Å²) in [5.74, 6) is 0. The van der Waals surface area contributed by atoms with Gasteiger partial charge in [-0.3, -0.25) is 0 Å². The minimum absolute atomic E-state index is 0.906. The molecule has 0 unspecified atom stereocenters. The molecule has 4 heteroatoms. The Balaban J connectivity index is 0.978. The van der Waals surface area contributed by atoms with E-state index in [1.165, 1.54) is 63.9 Å². The van der Waals surface area contributed by atoms with Gasteiger partial charge in [0.15, 0.2) is 0 Å². The summed E-state index contributed by atoms with van der Waals surface area (Å²) in [6.07, 6.45) is 0. The lowest BCUT2D eigenvalue weighted by molar-refractivity contribution is 0.670. The third kappa shape index (κ3) is 5.37. The number of aromatic nitrogens is 1. The third-order valence-corrected chi connectivity index (χ3v) is 13.8. The number of nitrogens with zero attached hydrogens (tertiary/aromatic N) is 2. The molecule has 3 aromatic heterocycles. The molecule has 0 saturated carbocycles. The number of thiophene rings is 1. The highest BCUT2D eigenvalue weighted by Crippen LogP contribution is 2.49. The maximum absolute atomic E-state index is 6.47. The molecule has 3 heterocycles. The van der Waals surface area contributed by atoms with Crippen molar-refractivity contribution in [2.75, 3.05) is 4.90 Å². The molecular formula is C58H36N2OS. The minimum atomic E-state index is 0.906. The Morgan fingerprint density at radius 2 is 1.03 bits per heavy atom. The van der Waals surface area contributed by atoms with Crippen LogP contribution in [-0.2, 0) is 0 Å². The van der Waals surface area contributed by atoms with Crippen LogP contribution in [0.15, 0.2) is 223 Å². The van der Waals surface area contributed by atoms with Crippen molar-refractivity contribution in [1.29, 1.82) is 0 Å². The van der Waals surface area contributed by atoms with E-state index in [1.807, 2.05) is 23.5 Å². The van der Waals surface area contributed by atoms with Crippen molar-refractivity contribution in [2.45, 2.75) is 0 Å². The van der Waals surface area contributed by atoms with Crippen LogP contribution in [0.3, 0.4) is 0 Å². The Morgan fingerprint density at radius 3 is 1.82 bits per heavy atom. The van der Waals surface area contributed by atoms with E-state index in [0.29, 0.717) is 0 Å². The second kappa shape index (κ2) is 13.8. The number of para-hydroxylation sites is 4. The first kappa shape index (κ1) is 34.9. The van der Waals surface area contributed by atoms with Crippen molar-refractivity contribution in [3.63, 3.8) is 0 Å². The summed E-state index contributed by atoms with van der Waals surface area (Å²) in [4.78, 5) is 2.44. The maximum Gasteiger partial charge on any atom is 0.143 e. The summed E-state index contributed by atoms with van der Waals surface area (Å²) in [6, 6.07) is 79.2. The fourth-order valence-electron chi connectivity index (χ4n) is 9.72. The molecule has 0 spiro atoms. The molecule has 0 radical (unpaired) electrons. The number of anilines is 3. The van der Waals surface area contributed by atoms with Gasteiger partial charge in [-0.25, -0.2) is 0 Å². The zero-order chi connectivity index (χ0) is 40.7. The van der Waals surface area contributed by atoms with Crippen molar-refractivity contribution in [1.82, 2.24) is 4.57 Å². The lowest BCUT2D eigenvalue weighted by Gasteiger charge is -2.27. The van der Waals surface area contributed by atoms with Gasteiger partial charge in [0, 0.05) is 64.3 Å². The van der Waals surface area contributed by atoms with Gasteiger partial charge in [-0.1, -0.05) is 152 Å². The number of furan rings is 1. The Kier molecular flexibility index (Phi) is 7.78. The summed E-state index contributed by atoms with van der Waals surface area (Å²) in [6.45, 7) is 0. The standard InChI is InChI=1S/C58H36N2OS/c1-2-13-40-36-43(33-24-37(40)12-1)59(41-29-25-38(26-30-41)44-18-11-19-49-48-16-5-9-22-54(48)61-57(44)49)53-35-34-45(58-56(53)50-17-6-10-23-55(50)62-58)39-27-31-42(32-28-39)60-51-20-7-3-14-46(51)47-15-4-8-21-52(47)60/h1-36H. The van der Waals surface area contributed by atoms with Crippen molar-refractivity contribution >= 4 is 103 Å². The van der Waals surface area contributed by atoms with Gasteiger partial charge in [0.1, 0.15) is 11.2 Å². The molecule has 13 rings (SSSR count). The van der Waals surface area contributed by atoms with E-state index in [9.17, 15) is 0 Å². The van der Waals surface area contributed by atoms with Crippen LogP contribution in [0.25, 0.3) is 103 Å². The summed E-state index contributed by atoms with van der Waals surface area (Å²) in [7, 11) is 0.